The lowest BCUT2D eigenvalue weighted by Crippen LogP contribution is -2.53. The summed E-state index contributed by atoms with van der Waals surface area (Å²) < 4.78 is 6.61. The van der Waals surface area contributed by atoms with Crippen molar-refractivity contribution < 1.29 is 14.3 Å². The molecular weight excluding hydrogens is 334 g/mol. The molecule has 1 aromatic rings. The first-order chi connectivity index (χ1) is 10.00. The molecule has 112 valence electrons. The van der Waals surface area contributed by atoms with Gasteiger partial charge in [0.2, 0.25) is 11.8 Å². The number of nitrogens with one attached hydrogen (secondary N) is 1. The smallest absolute Gasteiger partial charge is 0.234 e. The molecule has 3 atom stereocenters. The fourth-order valence-electron chi connectivity index (χ4n) is 3.73. The van der Waals surface area contributed by atoms with Crippen LogP contribution in [-0.4, -0.2) is 24.5 Å². The number of halogens is 1. The topological polar surface area (TPSA) is 55.4 Å². The minimum Gasteiger partial charge on any atom is -0.378 e. The Morgan fingerprint density at radius 2 is 2.00 bits per heavy atom. The molecule has 0 bridgehead atoms. The molecule has 4 nitrogen and oxygen atoms in total. The molecule has 3 rings (SSSR count). The first-order valence-electron chi connectivity index (χ1n) is 7.21. The van der Waals surface area contributed by atoms with Gasteiger partial charge in [-0.25, -0.2) is 0 Å². The second-order valence-electron chi connectivity index (χ2n) is 6.07. The Morgan fingerprint density at radius 1 is 1.29 bits per heavy atom. The predicted octanol–water partition coefficient (Wildman–Crippen LogP) is 2.76. The van der Waals surface area contributed by atoms with Gasteiger partial charge in [0.15, 0.2) is 0 Å². The van der Waals surface area contributed by atoms with Gasteiger partial charge in [0.05, 0.1) is 12.0 Å². The molecule has 2 heterocycles. The molecule has 1 aromatic carbocycles. The van der Waals surface area contributed by atoms with E-state index in [0.29, 0.717) is 13.0 Å². The van der Waals surface area contributed by atoms with E-state index in [1.807, 2.05) is 31.2 Å². The van der Waals surface area contributed by atoms with Crippen molar-refractivity contribution in [3.63, 3.8) is 0 Å². The maximum Gasteiger partial charge on any atom is 0.234 e. The van der Waals surface area contributed by atoms with E-state index in [1.54, 1.807) is 0 Å². The number of carbonyl (C=O) groups excluding carboxylic acids is 2. The SMILES string of the molecule is CC1CC2(CCO1)CC(=O)NC(=O)C2c1ccc(Br)cc1. The second-order valence-corrected chi connectivity index (χ2v) is 6.99. The van der Waals surface area contributed by atoms with Crippen molar-refractivity contribution in [1.82, 2.24) is 5.32 Å². The van der Waals surface area contributed by atoms with Gasteiger partial charge in [-0.3, -0.25) is 14.9 Å². The van der Waals surface area contributed by atoms with Crippen LogP contribution in [0.4, 0.5) is 0 Å². The molecule has 0 radical (unpaired) electrons. The summed E-state index contributed by atoms with van der Waals surface area (Å²) in [6.45, 7) is 2.62. The fourth-order valence-corrected chi connectivity index (χ4v) is 4.00. The maximum absolute atomic E-state index is 12.5. The Kier molecular flexibility index (Phi) is 3.88. The first-order valence-corrected chi connectivity index (χ1v) is 8.00. The molecule has 2 saturated heterocycles. The van der Waals surface area contributed by atoms with Crippen molar-refractivity contribution in [2.45, 2.75) is 38.2 Å². The standard InChI is InChI=1S/C16H18BrNO3/c1-10-8-16(6-7-21-10)9-13(19)18-15(20)14(16)11-2-4-12(17)5-3-11/h2-5,10,14H,6-9H2,1H3,(H,18,19,20). The van der Waals surface area contributed by atoms with Crippen LogP contribution in [0.2, 0.25) is 0 Å². The van der Waals surface area contributed by atoms with Crippen molar-refractivity contribution in [3.05, 3.63) is 34.3 Å². The van der Waals surface area contributed by atoms with Crippen molar-refractivity contribution in [2.24, 2.45) is 5.41 Å². The molecule has 2 fully saturated rings. The highest BCUT2D eigenvalue weighted by atomic mass is 79.9. The second kappa shape index (κ2) is 5.54. The largest absolute Gasteiger partial charge is 0.378 e. The van der Waals surface area contributed by atoms with E-state index >= 15 is 0 Å². The number of hydrogen-bond acceptors (Lipinski definition) is 3. The number of imide groups is 1. The molecule has 2 aliphatic rings. The summed E-state index contributed by atoms with van der Waals surface area (Å²) in [6, 6.07) is 7.81. The van der Waals surface area contributed by atoms with Crippen LogP contribution in [0.3, 0.4) is 0 Å². The Balaban J connectivity index is 2.02. The molecule has 1 spiro atoms. The number of carbonyl (C=O) groups is 2. The van der Waals surface area contributed by atoms with Crippen LogP contribution in [-0.2, 0) is 14.3 Å². The Hall–Kier alpha value is -1.20. The van der Waals surface area contributed by atoms with Gasteiger partial charge in [-0.15, -0.1) is 0 Å². The van der Waals surface area contributed by atoms with E-state index in [4.69, 9.17) is 4.74 Å². The van der Waals surface area contributed by atoms with Crippen LogP contribution >= 0.6 is 15.9 Å². The number of ether oxygens (including phenoxy) is 1. The van der Waals surface area contributed by atoms with Crippen LogP contribution in [0.1, 0.15) is 37.7 Å². The molecule has 5 heteroatoms. The van der Waals surface area contributed by atoms with Crippen molar-refractivity contribution in [1.29, 1.82) is 0 Å². The van der Waals surface area contributed by atoms with Gasteiger partial charge in [-0.2, -0.15) is 0 Å². The Labute approximate surface area is 132 Å². The van der Waals surface area contributed by atoms with E-state index in [2.05, 4.69) is 21.2 Å². The lowest BCUT2D eigenvalue weighted by molar-refractivity contribution is -0.146. The van der Waals surface area contributed by atoms with Crippen LogP contribution in [0, 0.1) is 5.41 Å². The van der Waals surface area contributed by atoms with Crippen molar-refractivity contribution in [3.8, 4) is 0 Å². The number of benzene rings is 1. The molecule has 2 amide bonds. The molecule has 0 saturated carbocycles. The summed E-state index contributed by atoms with van der Waals surface area (Å²) in [5, 5.41) is 2.50. The highest BCUT2D eigenvalue weighted by Crippen LogP contribution is 2.50. The summed E-state index contributed by atoms with van der Waals surface area (Å²) >= 11 is 3.42. The highest BCUT2D eigenvalue weighted by molar-refractivity contribution is 9.10. The minimum absolute atomic E-state index is 0.0791. The zero-order chi connectivity index (χ0) is 15.0. The Morgan fingerprint density at radius 3 is 2.67 bits per heavy atom. The normalized spacial score (nSPS) is 33.0. The first kappa shape index (κ1) is 14.7. The Bertz CT molecular complexity index is 571. The van der Waals surface area contributed by atoms with E-state index in [9.17, 15) is 9.59 Å². The van der Waals surface area contributed by atoms with Gasteiger partial charge in [0.1, 0.15) is 0 Å². The minimum atomic E-state index is -0.315. The van der Waals surface area contributed by atoms with Crippen LogP contribution < -0.4 is 5.32 Å². The summed E-state index contributed by atoms with van der Waals surface area (Å²) in [4.78, 5) is 24.4. The maximum atomic E-state index is 12.5. The third-order valence-corrected chi connectivity index (χ3v) is 5.08. The lowest BCUT2D eigenvalue weighted by atomic mass is 9.62. The van der Waals surface area contributed by atoms with Crippen LogP contribution in [0.5, 0.6) is 0 Å². The van der Waals surface area contributed by atoms with Crippen LogP contribution in [0.15, 0.2) is 28.7 Å². The monoisotopic (exact) mass is 351 g/mol. The predicted molar refractivity (Wildman–Crippen MR) is 81.7 cm³/mol. The number of amides is 2. The average Bonchev–Trinajstić information content (AvgIpc) is 2.39. The lowest BCUT2D eigenvalue weighted by Gasteiger charge is -2.47. The molecule has 1 N–H and O–H groups in total. The quantitative estimate of drug-likeness (QED) is 0.791. The number of hydrogen-bond donors (Lipinski definition) is 1. The molecule has 0 aromatic heterocycles. The van der Waals surface area contributed by atoms with Gasteiger partial charge in [-0.05, 0) is 42.9 Å². The molecule has 2 aliphatic heterocycles. The average molecular weight is 352 g/mol. The van der Waals surface area contributed by atoms with Gasteiger partial charge < -0.3 is 4.74 Å². The van der Waals surface area contributed by atoms with E-state index in [1.165, 1.54) is 0 Å². The zero-order valence-corrected chi connectivity index (χ0v) is 13.5. The number of rotatable bonds is 1. The highest BCUT2D eigenvalue weighted by Gasteiger charge is 2.51. The van der Waals surface area contributed by atoms with E-state index in [0.717, 1.165) is 22.9 Å². The zero-order valence-electron chi connectivity index (χ0n) is 11.9. The molecule has 21 heavy (non-hydrogen) atoms. The number of piperidine rings is 1. The van der Waals surface area contributed by atoms with Gasteiger partial charge in [-0.1, -0.05) is 28.1 Å². The molecular formula is C16H18BrNO3. The third-order valence-electron chi connectivity index (χ3n) is 4.55. The third kappa shape index (κ3) is 2.77. The van der Waals surface area contributed by atoms with Gasteiger partial charge in [0, 0.05) is 17.5 Å². The van der Waals surface area contributed by atoms with Gasteiger partial charge in [0.25, 0.3) is 0 Å². The molecule has 3 unspecified atom stereocenters. The summed E-state index contributed by atoms with van der Waals surface area (Å²) in [5.74, 6) is -0.625. The fraction of sp³-hybridized carbons (Fsp3) is 0.500. The van der Waals surface area contributed by atoms with Crippen molar-refractivity contribution >= 4 is 27.7 Å². The van der Waals surface area contributed by atoms with Crippen LogP contribution in [0.25, 0.3) is 0 Å². The summed E-state index contributed by atoms with van der Waals surface area (Å²) in [6.07, 6.45) is 1.97. The van der Waals surface area contributed by atoms with E-state index in [-0.39, 0.29) is 29.3 Å². The summed E-state index contributed by atoms with van der Waals surface area (Å²) in [5.41, 5.74) is 0.655. The van der Waals surface area contributed by atoms with Crippen molar-refractivity contribution in [2.75, 3.05) is 6.61 Å². The summed E-state index contributed by atoms with van der Waals surface area (Å²) in [7, 11) is 0. The van der Waals surface area contributed by atoms with Gasteiger partial charge >= 0.3 is 0 Å². The molecule has 0 aliphatic carbocycles. The van der Waals surface area contributed by atoms with E-state index < -0.39 is 0 Å².